The number of nitrogens with zero attached hydrogens (tertiary/aromatic N) is 5. The molecule has 4 heterocycles. The molecule has 0 bridgehead atoms. The number of nitrogens with one attached hydrogen (secondary N) is 1. The lowest BCUT2D eigenvalue weighted by Crippen LogP contribution is -2.47. The maximum absolute atomic E-state index is 13.1. The van der Waals surface area contributed by atoms with Gasteiger partial charge < -0.3 is 14.8 Å². The van der Waals surface area contributed by atoms with E-state index in [4.69, 9.17) is 9.47 Å². The fourth-order valence-corrected chi connectivity index (χ4v) is 4.27. The first-order valence-corrected chi connectivity index (χ1v) is 9.98. The molecule has 0 aliphatic carbocycles. The molecule has 3 atom stereocenters. The van der Waals surface area contributed by atoms with Crippen LogP contribution >= 0.6 is 0 Å². The largest absolute Gasteiger partial charge is 0.491 e. The Morgan fingerprint density at radius 1 is 1.23 bits per heavy atom. The van der Waals surface area contributed by atoms with Crippen LogP contribution < -0.4 is 10.1 Å². The highest BCUT2D eigenvalue weighted by Crippen LogP contribution is 2.38. The zero-order valence-corrected chi connectivity index (χ0v) is 16.7. The molecule has 164 valence electrons. The summed E-state index contributed by atoms with van der Waals surface area (Å²) in [5.74, 6) is -0.212. The molecule has 3 aromatic rings. The highest BCUT2D eigenvalue weighted by molar-refractivity contribution is 5.49. The summed E-state index contributed by atoms with van der Waals surface area (Å²) in [6.07, 6.45) is -2.17. The number of fused-ring (bicyclic) bond motifs is 2. The van der Waals surface area contributed by atoms with Crippen molar-refractivity contribution < 1.29 is 22.6 Å². The van der Waals surface area contributed by atoms with Gasteiger partial charge in [-0.15, -0.1) is 5.10 Å². The predicted molar refractivity (Wildman–Crippen MR) is 105 cm³/mol. The van der Waals surface area contributed by atoms with Gasteiger partial charge in [0, 0.05) is 32.0 Å². The van der Waals surface area contributed by atoms with E-state index in [-0.39, 0.29) is 24.0 Å². The normalized spacial score (nSPS) is 24.2. The van der Waals surface area contributed by atoms with E-state index >= 15 is 0 Å². The van der Waals surface area contributed by atoms with Crippen LogP contribution in [0.15, 0.2) is 36.5 Å². The third-order valence-electron chi connectivity index (χ3n) is 5.82. The van der Waals surface area contributed by atoms with Crippen LogP contribution in [-0.4, -0.2) is 63.4 Å². The van der Waals surface area contributed by atoms with Crippen LogP contribution in [0.5, 0.6) is 5.75 Å². The summed E-state index contributed by atoms with van der Waals surface area (Å²) in [5.41, 5.74) is 0.931. The first-order valence-electron chi connectivity index (χ1n) is 9.98. The molecule has 0 spiro atoms. The minimum absolute atomic E-state index is 0.0381. The number of halogens is 3. The zero-order valence-electron chi connectivity index (χ0n) is 16.7. The van der Waals surface area contributed by atoms with E-state index in [2.05, 4.69) is 25.3 Å². The maximum Gasteiger partial charge on any atom is 0.453 e. The van der Waals surface area contributed by atoms with Gasteiger partial charge in [-0.3, -0.25) is 4.90 Å². The van der Waals surface area contributed by atoms with Gasteiger partial charge in [-0.1, -0.05) is 18.2 Å². The van der Waals surface area contributed by atoms with Gasteiger partial charge in [0.05, 0.1) is 18.2 Å². The lowest BCUT2D eigenvalue weighted by Gasteiger charge is -2.39. The Morgan fingerprint density at radius 3 is 2.84 bits per heavy atom. The van der Waals surface area contributed by atoms with Crippen molar-refractivity contribution in [3.8, 4) is 5.75 Å². The van der Waals surface area contributed by atoms with Gasteiger partial charge in [0.25, 0.3) is 11.6 Å². The van der Waals surface area contributed by atoms with Crippen molar-refractivity contribution in [3.05, 3.63) is 47.9 Å². The van der Waals surface area contributed by atoms with Crippen LogP contribution in [0, 0.1) is 0 Å². The van der Waals surface area contributed by atoms with Crippen LogP contribution in [0.25, 0.3) is 5.78 Å². The number of methoxy groups -OCH3 is 1. The molecule has 1 aromatic carbocycles. The molecule has 0 amide bonds. The van der Waals surface area contributed by atoms with E-state index < -0.39 is 12.0 Å². The molecule has 1 fully saturated rings. The molecule has 2 aliphatic rings. The molecule has 1 saturated heterocycles. The summed E-state index contributed by atoms with van der Waals surface area (Å²) in [6.45, 7) is 2.06. The van der Waals surface area contributed by atoms with E-state index in [0.717, 1.165) is 35.3 Å². The number of alkyl halides is 3. The molecule has 5 rings (SSSR count). The molecule has 0 radical (unpaired) electrons. The number of anilines is 1. The highest BCUT2D eigenvalue weighted by Gasteiger charge is 2.39. The van der Waals surface area contributed by atoms with Crippen molar-refractivity contribution in [2.75, 3.05) is 32.1 Å². The minimum Gasteiger partial charge on any atom is -0.491 e. The number of rotatable bonds is 4. The van der Waals surface area contributed by atoms with Crippen LogP contribution in [0.1, 0.15) is 23.9 Å². The van der Waals surface area contributed by atoms with Gasteiger partial charge in [-0.05, 0) is 18.6 Å². The Labute approximate surface area is 176 Å². The van der Waals surface area contributed by atoms with E-state index in [1.807, 2.05) is 24.3 Å². The number of likely N-dealkylation sites (tertiary alicyclic amines) is 1. The topological polar surface area (TPSA) is 76.8 Å². The van der Waals surface area contributed by atoms with Gasteiger partial charge in [0.2, 0.25) is 0 Å². The quantitative estimate of drug-likeness (QED) is 0.677. The lowest BCUT2D eigenvalue weighted by molar-refractivity contribution is -0.144. The SMILES string of the molecule is CO[C@H]1CCN([C@H]2COc3ccccc3[C@@H]2Nc2ccnc3nc(C(F)(F)F)nn23)C1. The summed E-state index contributed by atoms with van der Waals surface area (Å²) in [7, 11) is 1.70. The fraction of sp³-hybridized carbons (Fsp3) is 0.450. The van der Waals surface area contributed by atoms with Crippen LogP contribution in [0.4, 0.5) is 19.0 Å². The van der Waals surface area contributed by atoms with E-state index in [9.17, 15) is 13.2 Å². The van der Waals surface area contributed by atoms with Crippen LogP contribution in [0.2, 0.25) is 0 Å². The Hall–Kier alpha value is -2.92. The predicted octanol–water partition coefficient (Wildman–Crippen LogP) is 2.78. The second kappa shape index (κ2) is 7.65. The van der Waals surface area contributed by atoms with Crippen molar-refractivity contribution in [1.82, 2.24) is 24.5 Å². The number of aromatic nitrogens is 4. The summed E-state index contributed by atoms with van der Waals surface area (Å²) in [5, 5.41) is 7.04. The standard InChI is InChI=1S/C20H21F3N6O2/c1-30-12-7-9-28(10-12)14-11-31-15-5-3-2-4-13(15)17(14)25-16-6-8-24-19-26-18(20(21,22)23)27-29(16)19/h2-6,8,12,14,17,25H,7,9-11H2,1H3/t12-,14-,17-/m0/s1. The molecule has 8 nitrogen and oxygen atoms in total. The van der Waals surface area contributed by atoms with E-state index in [0.29, 0.717) is 12.4 Å². The third kappa shape index (κ3) is 3.68. The molecule has 0 unspecified atom stereocenters. The summed E-state index contributed by atoms with van der Waals surface area (Å²) in [4.78, 5) is 9.75. The highest BCUT2D eigenvalue weighted by atomic mass is 19.4. The molecule has 2 aliphatic heterocycles. The number of hydrogen-bond donors (Lipinski definition) is 1. The van der Waals surface area contributed by atoms with Crippen molar-refractivity contribution in [1.29, 1.82) is 0 Å². The average molecular weight is 434 g/mol. The van der Waals surface area contributed by atoms with Crippen molar-refractivity contribution in [2.45, 2.75) is 30.8 Å². The Bertz CT molecular complexity index is 1090. The average Bonchev–Trinajstić information content (AvgIpc) is 3.41. The molecule has 1 N–H and O–H groups in total. The maximum atomic E-state index is 13.1. The molecule has 11 heteroatoms. The van der Waals surface area contributed by atoms with Gasteiger partial charge in [-0.25, -0.2) is 4.98 Å². The van der Waals surface area contributed by atoms with E-state index in [1.54, 1.807) is 13.2 Å². The zero-order chi connectivity index (χ0) is 21.6. The second-order valence-corrected chi connectivity index (χ2v) is 7.65. The number of hydrogen-bond acceptors (Lipinski definition) is 7. The Kier molecular flexibility index (Phi) is 4.94. The van der Waals surface area contributed by atoms with Crippen molar-refractivity contribution >= 4 is 11.6 Å². The van der Waals surface area contributed by atoms with Gasteiger partial charge in [0.1, 0.15) is 18.2 Å². The monoisotopic (exact) mass is 434 g/mol. The summed E-state index contributed by atoms with van der Waals surface area (Å²) in [6, 6.07) is 8.99. The molecule has 2 aromatic heterocycles. The summed E-state index contributed by atoms with van der Waals surface area (Å²) >= 11 is 0. The third-order valence-corrected chi connectivity index (χ3v) is 5.82. The van der Waals surface area contributed by atoms with Crippen molar-refractivity contribution in [3.63, 3.8) is 0 Å². The second-order valence-electron chi connectivity index (χ2n) is 7.65. The fourth-order valence-electron chi connectivity index (χ4n) is 4.27. The minimum atomic E-state index is -4.65. The Balaban J connectivity index is 1.52. The smallest absolute Gasteiger partial charge is 0.453 e. The number of ether oxygens (including phenoxy) is 2. The van der Waals surface area contributed by atoms with E-state index in [1.165, 1.54) is 6.20 Å². The Morgan fingerprint density at radius 2 is 2.06 bits per heavy atom. The van der Waals surface area contributed by atoms with Gasteiger partial charge >= 0.3 is 6.18 Å². The van der Waals surface area contributed by atoms with Gasteiger partial charge in [0.15, 0.2) is 0 Å². The number of benzene rings is 1. The number of para-hydroxylation sites is 1. The van der Waals surface area contributed by atoms with Crippen molar-refractivity contribution in [2.24, 2.45) is 0 Å². The van der Waals surface area contributed by atoms with Gasteiger partial charge in [-0.2, -0.15) is 22.7 Å². The van der Waals surface area contributed by atoms with Crippen LogP contribution in [0.3, 0.4) is 0 Å². The first kappa shape index (κ1) is 20.0. The first-order chi connectivity index (χ1) is 14.9. The van der Waals surface area contributed by atoms with Crippen LogP contribution in [-0.2, 0) is 10.9 Å². The molecular formula is C20H21F3N6O2. The molecule has 0 saturated carbocycles. The summed E-state index contributed by atoms with van der Waals surface area (Å²) < 4.78 is 52.0. The molecule has 31 heavy (non-hydrogen) atoms. The molecular weight excluding hydrogens is 413 g/mol. The lowest BCUT2D eigenvalue weighted by atomic mass is 9.95.